The average Bonchev–Trinajstić information content (AvgIpc) is 2.94. The van der Waals surface area contributed by atoms with E-state index in [1.54, 1.807) is 10.6 Å². The molecule has 1 N–H and O–H groups in total. The summed E-state index contributed by atoms with van der Waals surface area (Å²) in [5, 5.41) is 8.12. The number of nitrogens with one attached hydrogen (secondary N) is 1. The fourth-order valence-corrected chi connectivity index (χ4v) is 3.90. The summed E-state index contributed by atoms with van der Waals surface area (Å²) in [6, 6.07) is 1.81. The van der Waals surface area contributed by atoms with Gasteiger partial charge >= 0.3 is 0 Å². The van der Waals surface area contributed by atoms with E-state index in [1.807, 2.05) is 11.8 Å². The summed E-state index contributed by atoms with van der Waals surface area (Å²) in [6.07, 6.45) is 10.2. The van der Waals surface area contributed by atoms with E-state index in [2.05, 4.69) is 26.6 Å². The number of rotatable bonds is 4. The van der Waals surface area contributed by atoms with Crippen molar-refractivity contribution in [1.82, 2.24) is 19.6 Å². The maximum absolute atomic E-state index is 6.03. The number of hydrogen-bond acceptors (Lipinski definition) is 5. The van der Waals surface area contributed by atoms with Gasteiger partial charge in [0.15, 0.2) is 0 Å². The lowest BCUT2D eigenvalue weighted by molar-refractivity contribution is 0.411. The van der Waals surface area contributed by atoms with Crippen molar-refractivity contribution < 1.29 is 0 Å². The minimum atomic E-state index is 0.320. The molecular weight excluding hydrogens is 294 g/mol. The molecular formula is C13H18ClN5S. The second-order valence-corrected chi connectivity index (χ2v) is 6.90. The molecule has 2 aromatic rings. The SMILES string of the molecule is CSC1(CNc2cc(Cl)nc3ncnn23)CCCCC1. The van der Waals surface area contributed by atoms with Gasteiger partial charge in [-0.25, -0.2) is 0 Å². The summed E-state index contributed by atoms with van der Waals surface area (Å²) < 4.78 is 2.02. The Kier molecular flexibility index (Phi) is 4.03. The molecule has 0 amide bonds. The Balaban J connectivity index is 1.80. The van der Waals surface area contributed by atoms with Crippen molar-refractivity contribution in [3.63, 3.8) is 0 Å². The van der Waals surface area contributed by atoms with Crippen molar-refractivity contribution in [2.45, 2.75) is 36.9 Å². The normalized spacial score (nSPS) is 18.3. The topological polar surface area (TPSA) is 55.1 Å². The van der Waals surface area contributed by atoms with Gasteiger partial charge in [0, 0.05) is 17.4 Å². The fraction of sp³-hybridized carbons (Fsp3) is 0.615. The first-order valence-electron chi connectivity index (χ1n) is 6.88. The van der Waals surface area contributed by atoms with Crippen LogP contribution >= 0.6 is 23.4 Å². The maximum Gasteiger partial charge on any atom is 0.255 e. The van der Waals surface area contributed by atoms with Crippen molar-refractivity contribution in [3.8, 4) is 0 Å². The number of halogens is 1. The predicted octanol–water partition coefficient (Wildman–Crippen LogP) is 3.26. The van der Waals surface area contributed by atoms with Gasteiger partial charge in [0.2, 0.25) is 0 Å². The Labute approximate surface area is 127 Å². The van der Waals surface area contributed by atoms with Gasteiger partial charge in [-0.2, -0.15) is 31.3 Å². The second kappa shape index (κ2) is 5.77. The van der Waals surface area contributed by atoms with Crippen molar-refractivity contribution in [2.75, 3.05) is 18.1 Å². The number of thioether (sulfide) groups is 1. The van der Waals surface area contributed by atoms with Crippen LogP contribution in [0.25, 0.3) is 5.78 Å². The molecule has 2 aromatic heterocycles. The first-order valence-corrected chi connectivity index (χ1v) is 8.48. The largest absolute Gasteiger partial charge is 0.368 e. The van der Waals surface area contributed by atoms with Crippen LogP contribution in [-0.2, 0) is 0 Å². The van der Waals surface area contributed by atoms with E-state index < -0.39 is 0 Å². The van der Waals surface area contributed by atoms with Crippen LogP contribution in [0.3, 0.4) is 0 Å². The van der Waals surface area contributed by atoms with Gasteiger partial charge in [-0.1, -0.05) is 30.9 Å². The van der Waals surface area contributed by atoms with Gasteiger partial charge in [-0.05, 0) is 19.1 Å². The Hall–Kier alpha value is -1.01. The lowest BCUT2D eigenvalue weighted by Gasteiger charge is -2.36. The molecule has 1 saturated carbocycles. The molecule has 0 aliphatic heterocycles. The molecule has 0 radical (unpaired) electrons. The smallest absolute Gasteiger partial charge is 0.255 e. The Morgan fingerprint density at radius 1 is 1.40 bits per heavy atom. The minimum absolute atomic E-state index is 0.320. The zero-order valence-electron chi connectivity index (χ0n) is 11.5. The van der Waals surface area contributed by atoms with E-state index in [9.17, 15) is 0 Å². The summed E-state index contributed by atoms with van der Waals surface area (Å²) in [6.45, 7) is 0.920. The molecule has 1 aliphatic rings. The lowest BCUT2D eigenvalue weighted by atomic mass is 9.88. The van der Waals surface area contributed by atoms with Crippen LogP contribution in [-0.4, -0.2) is 37.1 Å². The van der Waals surface area contributed by atoms with Crippen LogP contribution in [0, 0.1) is 0 Å². The average molecular weight is 312 g/mol. The van der Waals surface area contributed by atoms with Gasteiger partial charge < -0.3 is 5.32 Å². The van der Waals surface area contributed by atoms with Gasteiger partial charge in [0.25, 0.3) is 5.78 Å². The number of anilines is 1. The molecule has 0 unspecified atom stereocenters. The third-order valence-corrected chi connectivity index (χ3v) is 5.62. The highest BCUT2D eigenvalue weighted by Crippen LogP contribution is 2.38. The molecule has 5 nitrogen and oxygen atoms in total. The van der Waals surface area contributed by atoms with Gasteiger partial charge in [-0.15, -0.1) is 0 Å². The third kappa shape index (κ3) is 2.72. The quantitative estimate of drug-likeness (QED) is 0.878. The summed E-state index contributed by atoms with van der Waals surface area (Å²) >= 11 is 8.00. The lowest BCUT2D eigenvalue weighted by Crippen LogP contribution is -2.36. The molecule has 1 fully saturated rings. The van der Waals surface area contributed by atoms with Crippen LogP contribution in [0.1, 0.15) is 32.1 Å². The number of hydrogen-bond donors (Lipinski definition) is 1. The molecule has 0 saturated heterocycles. The van der Waals surface area contributed by atoms with E-state index in [4.69, 9.17) is 11.6 Å². The van der Waals surface area contributed by atoms with E-state index in [0.29, 0.717) is 15.7 Å². The molecule has 0 aromatic carbocycles. The van der Waals surface area contributed by atoms with E-state index in [1.165, 1.54) is 38.4 Å². The first kappa shape index (κ1) is 13.9. The molecule has 0 spiro atoms. The first-order chi connectivity index (χ1) is 9.72. The Bertz CT molecular complexity index is 593. The van der Waals surface area contributed by atoms with Crippen molar-refractivity contribution in [3.05, 3.63) is 17.5 Å². The van der Waals surface area contributed by atoms with Gasteiger partial charge in [-0.3, -0.25) is 0 Å². The summed E-state index contributed by atoms with van der Waals surface area (Å²) in [7, 11) is 0. The second-order valence-electron chi connectivity index (χ2n) is 5.24. The van der Waals surface area contributed by atoms with E-state index >= 15 is 0 Å². The molecule has 2 heterocycles. The zero-order valence-corrected chi connectivity index (χ0v) is 13.0. The van der Waals surface area contributed by atoms with E-state index in [0.717, 1.165) is 12.4 Å². The summed E-state index contributed by atoms with van der Waals surface area (Å²) in [4.78, 5) is 8.22. The van der Waals surface area contributed by atoms with Gasteiger partial charge in [0.05, 0.1) is 0 Å². The molecule has 3 rings (SSSR count). The Morgan fingerprint density at radius 2 is 2.20 bits per heavy atom. The highest BCUT2D eigenvalue weighted by Gasteiger charge is 2.31. The number of fused-ring (bicyclic) bond motifs is 1. The Morgan fingerprint density at radius 3 is 2.95 bits per heavy atom. The van der Waals surface area contributed by atoms with Crippen molar-refractivity contribution in [1.29, 1.82) is 0 Å². The third-order valence-electron chi connectivity index (χ3n) is 4.01. The van der Waals surface area contributed by atoms with Crippen LogP contribution in [0.2, 0.25) is 5.15 Å². The maximum atomic E-state index is 6.03. The standard InChI is InChI=1S/C13H18ClN5S/c1-20-13(5-3-2-4-6-13)8-15-11-7-10(14)18-12-16-9-17-19(11)12/h7,9,15H,2-6,8H2,1H3. The molecule has 7 heteroatoms. The highest BCUT2D eigenvalue weighted by molar-refractivity contribution is 8.00. The zero-order chi connectivity index (χ0) is 14.0. The predicted molar refractivity (Wildman–Crippen MR) is 83.6 cm³/mol. The van der Waals surface area contributed by atoms with Crippen molar-refractivity contribution in [2.24, 2.45) is 0 Å². The highest BCUT2D eigenvalue weighted by atomic mass is 35.5. The molecule has 108 valence electrons. The van der Waals surface area contributed by atoms with Crippen LogP contribution in [0.4, 0.5) is 5.82 Å². The van der Waals surface area contributed by atoms with E-state index in [-0.39, 0.29) is 0 Å². The van der Waals surface area contributed by atoms with Crippen LogP contribution < -0.4 is 5.32 Å². The van der Waals surface area contributed by atoms with Crippen molar-refractivity contribution >= 4 is 35.0 Å². The summed E-state index contributed by atoms with van der Waals surface area (Å²) in [5.41, 5.74) is 0. The van der Waals surface area contributed by atoms with Gasteiger partial charge in [0.1, 0.15) is 17.3 Å². The van der Waals surface area contributed by atoms with Crippen LogP contribution in [0.5, 0.6) is 0 Å². The molecule has 1 aliphatic carbocycles. The molecule has 20 heavy (non-hydrogen) atoms. The van der Waals surface area contributed by atoms with Crippen LogP contribution in [0.15, 0.2) is 12.4 Å². The molecule has 0 atom stereocenters. The molecule has 0 bridgehead atoms. The summed E-state index contributed by atoms with van der Waals surface area (Å²) in [5.74, 6) is 1.39. The minimum Gasteiger partial charge on any atom is -0.368 e. The number of aromatic nitrogens is 4. The fourth-order valence-electron chi connectivity index (χ4n) is 2.81. The monoisotopic (exact) mass is 311 g/mol. The number of nitrogens with zero attached hydrogens (tertiary/aromatic N) is 4.